The summed E-state index contributed by atoms with van der Waals surface area (Å²) in [4.78, 5) is 11.4. The normalized spacial score (nSPS) is 15.9. The zero-order valence-corrected chi connectivity index (χ0v) is 11.1. The molecular formula is C13H26N2O2. The highest BCUT2D eigenvalue weighted by Crippen LogP contribution is 2.28. The van der Waals surface area contributed by atoms with Crippen molar-refractivity contribution >= 4 is 5.91 Å². The first-order valence-corrected chi connectivity index (χ1v) is 6.76. The fraction of sp³-hybridized carbons (Fsp3) is 0.923. The minimum Gasteiger partial charge on any atom is -0.396 e. The Morgan fingerprint density at radius 1 is 1.29 bits per heavy atom. The number of nitrogens with one attached hydrogen (secondary N) is 2. The Hall–Kier alpha value is -0.610. The molecule has 1 rings (SSSR count). The molecule has 0 heterocycles. The van der Waals surface area contributed by atoms with Crippen LogP contribution >= 0.6 is 0 Å². The molecule has 4 nitrogen and oxygen atoms in total. The molecule has 3 N–H and O–H groups in total. The van der Waals surface area contributed by atoms with E-state index in [1.165, 1.54) is 0 Å². The van der Waals surface area contributed by atoms with Crippen LogP contribution in [0.4, 0.5) is 0 Å². The van der Waals surface area contributed by atoms with Gasteiger partial charge in [0.15, 0.2) is 0 Å². The van der Waals surface area contributed by atoms with Gasteiger partial charge in [-0.2, -0.15) is 0 Å². The summed E-state index contributed by atoms with van der Waals surface area (Å²) in [5, 5.41) is 15.6. The Morgan fingerprint density at radius 2 is 1.94 bits per heavy atom. The number of hydrogen-bond acceptors (Lipinski definition) is 3. The molecule has 0 bridgehead atoms. The summed E-state index contributed by atoms with van der Waals surface area (Å²) in [6.45, 7) is 6.72. The van der Waals surface area contributed by atoms with Gasteiger partial charge in [-0.3, -0.25) is 4.79 Å². The van der Waals surface area contributed by atoms with Gasteiger partial charge in [-0.25, -0.2) is 0 Å². The second-order valence-electron chi connectivity index (χ2n) is 5.11. The molecule has 0 aromatic rings. The number of carbonyl (C=O) groups excluding carboxylic acids is 1. The van der Waals surface area contributed by atoms with Gasteiger partial charge in [0, 0.05) is 37.6 Å². The Labute approximate surface area is 104 Å². The van der Waals surface area contributed by atoms with Crippen molar-refractivity contribution in [1.29, 1.82) is 0 Å². The molecule has 0 spiro atoms. The highest BCUT2D eigenvalue weighted by Gasteiger charge is 2.29. The molecule has 0 aliphatic heterocycles. The van der Waals surface area contributed by atoms with Crippen molar-refractivity contribution in [1.82, 2.24) is 10.6 Å². The van der Waals surface area contributed by atoms with Gasteiger partial charge >= 0.3 is 0 Å². The molecule has 0 aromatic carbocycles. The maximum absolute atomic E-state index is 11.4. The molecule has 0 unspecified atom stereocenters. The molecule has 4 heteroatoms. The van der Waals surface area contributed by atoms with E-state index in [2.05, 4.69) is 24.5 Å². The highest BCUT2D eigenvalue weighted by atomic mass is 16.3. The molecule has 1 aliphatic carbocycles. The fourth-order valence-corrected chi connectivity index (χ4v) is 1.90. The van der Waals surface area contributed by atoms with Crippen LogP contribution in [0.1, 0.15) is 39.5 Å². The van der Waals surface area contributed by atoms with Crippen LogP contribution in [0.5, 0.6) is 0 Å². The molecule has 0 saturated heterocycles. The molecule has 0 radical (unpaired) electrons. The minimum absolute atomic E-state index is 0.000497. The molecule has 0 aromatic heterocycles. The Bertz CT molecular complexity index is 227. The second kappa shape index (κ2) is 6.97. The minimum atomic E-state index is 0.000497. The third kappa shape index (κ3) is 4.64. The summed E-state index contributed by atoms with van der Waals surface area (Å²) in [6.07, 6.45) is 4.06. The standard InChI is InChI=1S/C13H26N2O2/c1-3-13(4-2,10-16)9-14-7-8-15-12(17)11-5-6-11/h11,14,16H,3-10H2,1-2H3,(H,15,17). The maximum atomic E-state index is 11.4. The van der Waals surface area contributed by atoms with Crippen LogP contribution < -0.4 is 10.6 Å². The van der Waals surface area contributed by atoms with Gasteiger partial charge in [-0.05, 0) is 25.7 Å². The van der Waals surface area contributed by atoms with E-state index in [9.17, 15) is 9.90 Å². The van der Waals surface area contributed by atoms with Gasteiger partial charge in [-0.15, -0.1) is 0 Å². The number of carbonyl (C=O) groups is 1. The third-order valence-corrected chi connectivity index (χ3v) is 3.88. The average molecular weight is 242 g/mol. The average Bonchev–Trinajstić information content (AvgIpc) is 3.18. The highest BCUT2D eigenvalue weighted by molar-refractivity contribution is 5.80. The second-order valence-corrected chi connectivity index (χ2v) is 5.11. The lowest BCUT2D eigenvalue weighted by atomic mass is 9.83. The lowest BCUT2D eigenvalue weighted by molar-refractivity contribution is -0.122. The van der Waals surface area contributed by atoms with E-state index in [1.54, 1.807) is 0 Å². The number of amides is 1. The predicted octanol–water partition coefficient (Wildman–Crippen LogP) is 0.901. The van der Waals surface area contributed by atoms with Crippen molar-refractivity contribution in [3.05, 3.63) is 0 Å². The molecule has 17 heavy (non-hydrogen) atoms. The van der Waals surface area contributed by atoms with Crippen LogP contribution in [0.2, 0.25) is 0 Å². The van der Waals surface area contributed by atoms with Gasteiger partial charge in [0.2, 0.25) is 5.91 Å². The first-order chi connectivity index (χ1) is 8.17. The summed E-state index contributed by atoms with van der Waals surface area (Å²) >= 11 is 0. The van der Waals surface area contributed by atoms with Crippen molar-refractivity contribution in [3.63, 3.8) is 0 Å². The van der Waals surface area contributed by atoms with Gasteiger partial charge in [0.1, 0.15) is 0 Å². The van der Waals surface area contributed by atoms with Gasteiger partial charge in [-0.1, -0.05) is 13.8 Å². The van der Waals surface area contributed by atoms with E-state index in [0.717, 1.165) is 38.8 Å². The van der Waals surface area contributed by atoms with E-state index >= 15 is 0 Å². The maximum Gasteiger partial charge on any atom is 0.223 e. The van der Waals surface area contributed by atoms with Crippen LogP contribution in [0.3, 0.4) is 0 Å². The smallest absolute Gasteiger partial charge is 0.223 e. The van der Waals surface area contributed by atoms with Crippen LogP contribution in [-0.4, -0.2) is 37.3 Å². The zero-order valence-electron chi connectivity index (χ0n) is 11.1. The summed E-state index contributed by atoms with van der Waals surface area (Å²) in [6, 6.07) is 0. The van der Waals surface area contributed by atoms with E-state index in [1.807, 2.05) is 0 Å². The molecule has 0 atom stereocenters. The third-order valence-electron chi connectivity index (χ3n) is 3.88. The van der Waals surface area contributed by atoms with Gasteiger partial charge < -0.3 is 15.7 Å². The van der Waals surface area contributed by atoms with Crippen molar-refractivity contribution in [3.8, 4) is 0 Å². The summed E-state index contributed by atoms with van der Waals surface area (Å²) in [5.41, 5.74) is 0.000497. The first kappa shape index (κ1) is 14.5. The van der Waals surface area contributed by atoms with Crippen molar-refractivity contribution < 1.29 is 9.90 Å². The van der Waals surface area contributed by atoms with Crippen LogP contribution in [0.15, 0.2) is 0 Å². The van der Waals surface area contributed by atoms with Crippen LogP contribution in [0.25, 0.3) is 0 Å². The molecule has 1 amide bonds. The zero-order chi connectivity index (χ0) is 12.7. The van der Waals surface area contributed by atoms with Crippen molar-refractivity contribution in [2.45, 2.75) is 39.5 Å². The predicted molar refractivity (Wildman–Crippen MR) is 68.7 cm³/mol. The molecule has 1 fully saturated rings. The quantitative estimate of drug-likeness (QED) is 0.526. The Kier molecular flexibility index (Phi) is 5.92. The largest absolute Gasteiger partial charge is 0.396 e. The van der Waals surface area contributed by atoms with Crippen LogP contribution in [0, 0.1) is 11.3 Å². The van der Waals surface area contributed by atoms with E-state index in [4.69, 9.17) is 0 Å². The van der Waals surface area contributed by atoms with Crippen LogP contribution in [-0.2, 0) is 4.79 Å². The van der Waals surface area contributed by atoms with Crippen molar-refractivity contribution in [2.75, 3.05) is 26.2 Å². The first-order valence-electron chi connectivity index (χ1n) is 6.76. The van der Waals surface area contributed by atoms with E-state index in [0.29, 0.717) is 6.54 Å². The number of aliphatic hydroxyl groups excluding tert-OH is 1. The van der Waals surface area contributed by atoms with Gasteiger partial charge in [0.25, 0.3) is 0 Å². The summed E-state index contributed by atoms with van der Waals surface area (Å²) < 4.78 is 0. The monoisotopic (exact) mass is 242 g/mol. The molecule has 100 valence electrons. The molecule has 1 saturated carbocycles. The van der Waals surface area contributed by atoms with Crippen molar-refractivity contribution in [2.24, 2.45) is 11.3 Å². The Balaban J connectivity index is 2.07. The molecular weight excluding hydrogens is 216 g/mol. The lowest BCUT2D eigenvalue weighted by Gasteiger charge is -2.29. The summed E-state index contributed by atoms with van der Waals surface area (Å²) in [5.74, 6) is 0.490. The summed E-state index contributed by atoms with van der Waals surface area (Å²) in [7, 11) is 0. The van der Waals surface area contributed by atoms with Gasteiger partial charge in [0.05, 0.1) is 0 Å². The topological polar surface area (TPSA) is 61.4 Å². The number of aliphatic hydroxyl groups is 1. The van der Waals surface area contributed by atoms with E-state index < -0.39 is 0 Å². The lowest BCUT2D eigenvalue weighted by Crippen LogP contribution is -2.40. The fourth-order valence-electron chi connectivity index (χ4n) is 1.90. The number of rotatable bonds is 9. The Morgan fingerprint density at radius 3 is 2.41 bits per heavy atom. The number of hydrogen-bond donors (Lipinski definition) is 3. The SMILES string of the molecule is CCC(CC)(CO)CNCCNC(=O)C1CC1. The van der Waals surface area contributed by atoms with E-state index in [-0.39, 0.29) is 23.8 Å². The molecule has 1 aliphatic rings.